The van der Waals surface area contributed by atoms with Gasteiger partial charge in [0.15, 0.2) is 0 Å². The molecule has 0 unspecified atom stereocenters. The third-order valence-electron chi connectivity index (χ3n) is 7.53. The zero-order valence-corrected chi connectivity index (χ0v) is 20.9. The van der Waals surface area contributed by atoms with Gasteiger partial charge in [0.1, 0.15) is 5.75 Å². The maximum atomic E-state index is 5.91. The van der Waals surface area contributed by atoms with Gasteiger partial charge in [-0.1, -0.05) is 62.4 Å². The SMILES string of the molecule is COc1ccc2c(c1)CCC(c1ccc(C(C)C)cc1)=C2c1ccc(CCN)cc1CC1CC1. The number of aryl methyl sites for hydroxylation is 1. The van der Waals surface area contributed by atoms with Gasteiger partial charge >= 0.3 is 0 Å². The molecule has 0 aliphatic heterocycles. The van der Waals surface area contributed by atoms with Crippen molar-refractivity contribution in [2.75, 3.05) is 13.7 Å². The molecule has 0 aromatic heterocycles. The van der Waals surface area contributed by atoms with E-state index in [1.807, 2.05) is 0 Å². The van der Waals surface area contributed by atoms with E-state index in [9.17, 15) is 0 Å². The molecule has 3 aromatic rings. The zero-order valence-electron chi connectivity index (χ0n) is 20.9. The second kappa shape index (κ2) is 9.80. The fraction of sp³-hybridized carbons (Fsp3) is 0.375. The second-order valence-electron chi connectivity index (χ2n) is 10.3. The molecule has 0 bridgehead atoms. The van der Waals surface area contributed by atoms with Crippen molar-refractivity contribution in [2.45, 2.75) is 58.3 Å². The minimum atomic E-state index is 0.544. The molecule has 3 aromatic carbocycles. The van der Waals surface area contributed by atoms with Crippen LogP contribution in [0.25, 0.3) is 11.1 Å². The first-order valence-electron chi connectivity index (χ1n) is 12.9. The molecular formula is C32H37NO. The third-order valence-corrected chi connectivity index (χ3v) is 7.53. The topological polar surface area (TPSA) is 35.2 Å². The Labute approximate surface area is 204 Å². The van der Waals surface area contributed by atoms with Crippen LogP contribution in [0.15, 0.2) is 60.7 Å². The Balaban J connectivity index is 1.70. The number of ether oxygens (including phenoxy) is 1. The fourth-order valence-electron chi connectivity index (χ4n) is 5.38. The summed E-state index contributed by atoms with van der Waals surface area (Å²) in [4.78, 5) is 0. The van der Waals surface area contributed by atoms with E-state index in [0.29, 0.717) is 12.5 Å². The summed E-state index contributed by atoms with van der Waals surface area (Å²) in [5, 5.41) is 0. The quantitative estimate of drug-likeness (QED) is 0.394. The Bertz CT molecular complexity index is 1200. The molecule has 0 radical (unpaired) electrons. The number of hydrogen-bond donors (Lipinski definition) is 1. The molecule has 1 fully saturated rings. The highest BCUT2D eigenvalue weighted by Crippen LogP contribution is 2.44. The molecule has 34 heavy (non-hydrogen) atoms. The number of fused-ring (bicyclic) bond motifs is 1. The molecule has 0 amide bonds. The lowest BCUT2D eigenvalue weighted by Crippen LogP contribution is -2.10. The molecule has 2 aliphatic carbocycles. The summed E-state index contributed by atoms with van der Waals surface area (Å²) >= 11 is 0. The van der Waals surface area contributed by atoms with Crippen molar-refractivity contribution in [1.29, 1.82) is 0 Å². The van der Waals surface area contributed by atoms with Crippen molar-refractivity contribution in [3.63, 3.8) is 0 Å². The van der Waals surface area contributed by atoms with Crippen molar-refractivity contribution in [3.8, 4) is 5.75 Å². The van der Waals surface area contributed by atoms with E-state index in [1.54, 1.807) is 7.11 Å². The predicted molar refractivity (Wildman–Crippen MR) is 143 cm³/mol. The molecular weight excluding hydrogens is 414 g/mol. The molecule has 0 saturated heterocycles. The van der Waals surface area contributed by atoms with Crippen molar-refractivity contribution in [3.05, 3.63) is 99.6 Å². The number of rotatable bonds is 8. The van der Waals surface area contributed by atoms with E-state index in [4.69, 9.17) is 10.5 Å². The minimum Gasteiger partial charge on any atom is -0.497 e. The first-order valence-corrected chi connectivity index (χ1v) is 12.9. The first-order chi connectivity index (χ1) is 16.6. The highest BCUT2D eigenvalue weighted by atomic mass is 16.5. The van der Waals surface area contributed by atoms with Crippen LogP contribution in [0.4, 0.5) is 0 Å². The lowest BCUT2D eigenvalue weighted by atomic mass is 9.77. The molecule has 2 nitrogen and oxygen atoms in total. The Morgan fingerprint density at radius 1 is 0.912 bits per heavy atom. The van der Waals surface area contributed by atoms with Crippen molar-refractivity contribution >= 4 is 11.1 Å². The highest BCUT2D eigenvalue weighted by molar-refractivity contribution is 6.01. The Morgan fingerprint density at radius 2 is 1.68 bits per heavy atom. The molecule has 5 rings (SSSR count). The van der Waals surface area contributed by atoms with Crippen LogP contribution in [0.3, 0.4) is 0 Å². The van der Waals surface area contributed by atoms with Gasteiger partial charge in [-0.2, -0.15) is 0 Å². The highest BCUT2D eigenvalue weighted by Gasteiger charge is 2.27. The van der Waals surface area contributed by atoms with Crippen LogP contribution in [-0.4, -0.2) is 13.7 Å². The second-order valence-corrected chi connectivity index (χ2v) is 10.3. The monoisotopic (exact) mass is 451 g/mol. The van der Waals surface area contributed by atoms with Crippen LogP contribution in [0.1, 0.15) is 78.0 Å². The summed E-state index contributed by atoms with van der Waals surface area (Å²) in [6, 6.07) is 23.0. The van der Waals surface area contributed by atoms with Crippen LogP contribution in [-0.2, 0) is 19.3 Å². The Morgan fingerprint density at radius 3 is 2.35 bits per heavy atom. The number of nitrogens with two attached hydrogens (primary N) is 1. The Kier molecular flexibility index (Phi) is 6.61. The normalized spacial score (nSPS) is 15.6. The lowest BCUT2D eigenvalue weighted by molar-refractivity contribution is 0.414. The number of hydrogen-bond acceptors (Lipinski definition) is 2. The van der Waals surface area contributed by atoms with E-state index in [2.05, 4.69) is 74.5 Å². The van der Waals surface area contributed by atoms with Crippen LogP contribution in [0, 0.1) is 5.92 Å². The van der Waals surface area contributed by atoms with E-state index in [0.717, 1.165) is 30.9 Å². The molecule has 0 atom stereocenters. The van der Waals surface area contributed by atoms with Crippen molar-refractivity contribution in [2.24, 2.45) is 11.7 Å². The third kappa shape index (κ3) is 4.70. The van der Waals surface area contributed by atoms with Gasteiger partial charge < -0.3 is 10.5 Å². The van der Waals surface area contributed by atoms with Gasteiger partial charge in [0.2, 0.25) is 0 Å². The summed E-state index contributed by atoms with van der Waals surface area (Å²) in [5.41, 5.74) is 18.5. The summed E-state index contributed by atoms with van der Waals surface area (Å²) in [7, 11) is 1.76. The average molecular weight is 452 g/mol. The zero-order chi connectivity index (χ0) is 23.7. The number of allylic oxidation sites excluding steroid dienone is 1. The summed E-state index contributed by atoms with van der Waals surface area (Å²) in [6.45, 7) is 5.22. The summed E-state index contributed by atoms with van der Waals surface area (Å²) < 4.78 is 5.57. The van der Waals surface area contributed by atoms with E-state index in [1.165, 1.54) is 69.4 Å². The minimum absolute atomic E-state index is 0.544. The Hall–Kier alpha value is -2.84. The predicted octanol–water partition coefficient (Wildman–Crippen LogP) is 7.18. The van der Waals surface area contributed by atoms with Gasteiger partial charge in [-0.3, -0.25) is 0 Å². The van der Waals surface area contributed by atoms with Gasteiger partial charge in [-0.25, -0.2) is 0 Å². The molecule has 2 aliphatic rings. The smallest absolute Gasteiger partial charge is 0.119 e. The number of methoxy groups -OCH3 is 1. The summed E-state index contributed by atoms with van der Waals surface area (Å²) in [5.74, 6) is 2.32. The maximum Gasteiger partial charge on any atom is 0.119 e. The maximum absolute atomic E-state index is 5.91. The first kappa shape index (κ1) is 22.9. The van der Waals surface area contributed by atoms with Crippen LogP contribution < -0.4 is 10.5 Å². The molecule has 0 heterocycles. The van der Waals surface area contributed by atoms with Gasteiger partial charge in [-0.15, -0.1) is 0 Å². The molecule has 1 saturated carbocycles. The lowest BCUT2D eigenvalue weighted by Gasteiger charge is -2.27. The van der Waals surface area contributed by atoms with Gasteiger partial charge in [0, 0.05) is 0 Å². The number of benzene rings is 3. The summed E-state index contributed by atoms with van der Waals surface area (Å²) in [6.07, 6.45) is 6.91. The van der Waals surface area contributed by atoms with Crippen molar-refractivity contribution in [1.82, 2.24) is 0 Å². The van der Waals surface area contributed by atoms with E-state index < -0.39 is 0 Å². The van der Waals surface area contributed by atoms with Gasteiger partial charge in [0.25, 0.3) is 0 Å². The van der Waals surface area contributed by atoms with Crippen LogP contribution in [0.2, 0.25) is 0 Å². The van der Waals surface area contributed by atoms with Crippen molar-refractivity contribution < 1.29 is 4.74 Å². The molecule has 2 N–H and O–H groups in total. The fourth-order valence-corrected chi connectivity index (χ4v) is 5.38. The molecule has 0 spiro atoms. The standard InChI is InChI=1S/C32H37NO/c1-21(2)24-7-9-25(10-8-24)29-14-11-26-20-28(34-3)12-15-30(26)32(29)31-13-6-23(16-17-33)19-27(31)18-22-4-5-22/h6-10,12-13,15,19-22H,4-5,11,14,16-18,33H2,1-3H3. The van der Waals surface area contributed by atoms with Gasteiger partial charge in [0.05, 0.1) is 7.11 Å². The van der Waals surface area contributed by atoms with Crippen LogP contribution in [0.5, 0.6) is 5.75 Å². The van der Waals surface area contributed by atoms with Crippen LogP contribution >= 0.6 is 0 Å². The van der Waals surface area contributed by atoms with E-state index >= 15 is 0 Å². The average Bonchev–Trinajstić information content (AvgIpc) is 3.68. The van der Waals surface area contributed by atoms with Gasteiger partial charge in [-0.05, 0) is 119 Å². The largest absolute Gasteiger partial charge is 0.497 e. The molecule has 2 heteroatoms. The molecule has 176 valence electrons. The van der Waals surface area contributed by atoms with E-state index in [-0.39, 0.29) is 0 Å².